The van der Waals surface area contributed by atoms with Gasteiger partial charge in [0.1, 0.15) is 0 Å². The topological polar surface area (TPSA) is 15.3 Å². The average Bonchev–Trinajstić information content (AvgIpc) is 2.46. The van der Waals surface area contributed by atoms with Crippen LogP contribution in [0.25, 0.3) is 0 Å². The monoisotopic (exact) mass is 168 g/mol. The zero-order chi connectivity index (χ0) is 8.81. The van der Waals surface area contributed by atoms with Gasteiger partial charge in [-0.25, -0.2) is 0 Å². The molecule has 1 unspecified atom stereocenters. The predicted octanol–water partition coefficient (Wildman–Crippen LogP) is 1.25. The van der Waals surface area contributed by atoms with Gasteiger partial charge in [-0.05, 0) is 39.9 Å². The lowest BCUT2D eigenvalue weighted by Crippen LogP contribution is -2.23. The van der Waals surface area contributed by atoms with Crippen molar-refractivity contribution in [1.82, 2.24) is 10.2 Å². The summed E-state index contributed by atoms with van der Waals surface area (Å²) in [7, 11) is 4.20. The van der Waals surface area contributed by atoms with Gasteiger partial charge in [-0.15, -0.1) is 0 Å². The molecular formula is C10H20N2. The Morgan fingerprint density at radius 1 is 1.50 bits per heavy atom. The normalized spacial score (nSPS) is 25.7. The molecule has 70 valence electrons. The average molecular weight is 168 g/mol. The molecule has 1 rings (SSSR count). The van der Waals surface area contributed by atoms with Crippen LogP contribution < -0.4 is 5.32 Å². The van der Waals surface area contributed by atoms with Crippen molar-refractivity contribution >= 4 is 0 Å². The number of likely N-dealkylation sites (tertiary alicyclic amines) is 1. The zero-order valence-corrected chi connectivity index (χ0v) is 8.21. The smallest absolute Gasteiger partial charge is 0.0131 e. The van der Waals surface area contributed by atoms with Crippen molar-refractivity contribution in [1.29, 1.82) is 0 Å². The predicted molar refractivity (Wildman–Crippen MR) is 53.3 cm³/mol. The van der Waals surface area contributed by atoms with Crippen molar-refractivity contribution in [3.05, 3.63) is 12.2 Å². The van der Waals surface area contributed by atoms with Crippen molar-refractivity contribution in [2.45, 2.75) is 25.3 Å². The second-order valence-corrected chi connectivity index (χ2v) is 3.54. The molecule has 1 aliphatic heterocycles. The molecule has 0 aromatic heterocycles. The van der Waals surface area contributed by atoms with E-state index < -0.39 is 0 Å². The third-order valence-electron chi connectivity index (χ3n) is 2.57. The SMILES string of the molecule is CNC/C=C\CC1CCCN1C. The Bertz CT molecular complexity index is 143. The Morgan fingerprint density at radius 2 is 2.33 bits per heavy atom. The number of rotatable bonds is 4. The molecule has 0 bridgehead atoms. The third kappa shape index (κ3) is 2.95. The Labute approximate surface area is 75.6 Å². The van der Waals surface area contributed by atoms with E-state index in [1.54, 1.807) is 0 Å². The quantitative estimate of drug-likeness (QED) is 0.635. The largest absolute Gasteiger partial charge is 0.316 e. The van der Waals surface area contributed by atoms with E-state index in [9.17, 15) is 0 Å². The van der Waals surface area contributed by atoms with Gasteiger partial charge in [0, 0.05) is 12.6 Å². The molecule has 0 aromatic carbocycles. The number of likely N-dealkylation sites (N-methyl/N-ethyl adjacent to an activating group) is 1. The first-order chi connectivity index (χ1) is 5.84. The van der Waals surface area contributed by atoms with Crippen molar-refractivity contribution < 1.29 is 0 Å². The lowest BCUT2D eigenvalue weighted by molar-refractivity contribution is 0.312. The lowest BCUT2D eigenvalue weighted by atomic mass is 10.1. The standard InChI is InChI=1S/C10H20N2/c1-11-8-4-3-6-10-7-5-9-12(10)2/h3-4,10-11H,5-9H2,1-2H3/b4-3-. The highest BCUT2D eigenvalue weighted by Gasteiger charge is 2.18. The van der Waals surface area contributed by atoms with Crippen LogP contribution in [-0.4, -0.2) is 38.1 Å². The minimum absolute atomic E-state index is 0.804. The third-order valence-corrected chi connectivity index (χ3v) is 2.57. The molecule has 1 heterocycles. The number of hydrogen-bond acceptors (Lipinski definition) is 2. The van der Waals surface area contributed by atoms with Gasteiger partial charge in [0.2, 0.25) is 0 Å². The summed E-state index contributed by atoms with van der Waals surface area (Å²) in [6.07, 6.45) is 8.48. The molecule has 1 fully saturated rings. The van der Waals surface area contributed by atoms with Gasteiger partial charge in [-0.3, -0.25) is 0 Å². The maximum absolute atomic E-state index is 3.10. The Balaban J connectivity index is 2.13. The maximum Gasteiger partial charge on any atom is 0.0131 e. The molecule has 0 aliphatic carbocycles. The molecule has 0 radical (unpaired) electrons. The van der Waals surface area contributed by atoms with Gasteiger partial charge in [-0.2, -0.15) is 0 Å². The van der Waals surface area contributed by atoms with E-state index in [0.29, 0.717) is 0 Å². The molecule has 2 nitrogen and oxygen atoms in total. The first-order valence-corrected chi connectivity index (χ1v) is 4.84. The van der Waals surface area contributed by atoms with Gasteiger partial charge >= 0.3 is 0 Å². The highest BCUT2D eigenvalue weighted by atomic mass is 15.1. The molecule has 1 atom stereocenters. The Hall–Kier alpha value is -0.340. The number of nitrogens with zero attached hydrogens (tertiary/aromatic N) is 1. The van der Waals surface area contributed by atoms with Crippen LogP contribution in [0.2, 0.25) is 0 Å². The van der Waals surface area contributed by atoms with Crippen LogP contribution >= 0.6 is 0 Å². The van der Waals surface area contributed by atoms with Crippen molar-refractivity contribution in [3.63, 3.8) is 0 Å². The lowest BCUT2D eigenvalue weighted by Gasteiger charge is -2.16. The summed E-state index contributed by atoms with van der Waals surface area (Å²) in [4.78, 5) is 2.46. The second kappa shape index (κ2) is 5.33. The summed E-state index contributed by atoms with van der Waals surface area (Å²) in [6.45, 7) is 2.28. The van der Waals surface area contributed by atoms with Gasteiger partial charge in [0.05, 0.1) is 0 Å². The van der Waals surface area contributed by atoms with Gasteiger partial charge < -0.3 is 10.2 Å². The molecule has 0 spiro atoms. The molecule has 12 heavy (non-hydrogen) atoms. The van der Waals surface area contributed by atoms with Crippen LogP contribution in [0.4, 0.5) is 0 Å². The first-order valence-electron chi connectivity index (χ1n) is 4.84. The number of nitrogens with one attached hydrogen (secondary N) is 1. The molecule has 1 saturated heterocycles. The summed E-state index contributed by atoms with van der Waals surface area (Å²) < 4.78 is 0. The summed E-state index contributed by atoms with van der Waals surface area (Å²) in [5.41, 5.74) is 0. The van der Waals surface area contributed by atoms with Crippen LogP contribution in [0.5, 0.6) is 0 Å². The summed E-state index contributed by atoms with van der Waals surface area (Å²) >= 11 is 0. The first kappa shape index (κ1) is 9.75. The molecule has 0 aromatic rings. The molecule has 1 N–H and O–H groups in total. The number of hydrogen-bond donors (Lipinski definition) is 1. The van der Waals surface area contributed by atoms with Crippen LogP contribution in [-0.2, 0) is 0 Å². The van der Waals surface area contributed by atoms with Gasteiger partial charge in [0.15, 0.2) is 0 Å². The van der Waals surface area contributed by atoms with E-state index in [1.165, 1.54) is 25.8 Å². The highest BCUT2D eigenvalue weighted by Crippen LogP contribution is 2.17. The van der Waals surface area contributed by atoms with Crippen molar-refractivity contribution in [2.24, 2.45) is 0 Å². The fraction of sp³-hybridized carbons (Fsp3) is 0.800. The molecule has 0 saturated carbocycles. The Kier molecular flexibility index (Phi) is 4.33. The zero-order valence-electron chi connectivity index (χ0n) is 8.21. The van der Waals surface area contributed by atoms with E-state index in [1.807, 2.05) is 7.05 Å². The maximum atomic E-state index is 3.10. The van der Waals surface area contributed by atoms with Crippen LogP contribution in [0, 0.1) is 0 Å². The summed E-state index contributed by atoms with van der Waals surface area (Å²) in [6, 6.07) is 0.804. The van der Waals surface area contributed by atoms with Crippen molar-refractivity contribution in [3.8, 4) is 0 Å². The van der Waals surface area contributed by atoms with Crippen LogP contribution in [0.3, 0.4) is 0 Å². The summed E-state index contributed by atoms with van der Waals surface area (Å²) in [5.74, 6) is 0. The van der Waals surface area contributed by atoms with E-state index in [0.717, 1.165) is 12.6 Å². The second-order valence-electron chi connectivity index (χ2n) is 3.54. The fourth-order valence-electron chi connectivity index (χ4n) is 1.73. The molecular weight excluding hydrogens is 148 g/mol. The van der Waals surface area contributed by atoms with Gasteiger partial charge in [0.25, 0.3) is 0 Å². The van der Waals surface area contributed by atoms with Crippen molar-refractivity contribution in [2.75, 3.05) is 27.2 Å². The molecule has 0 amide bonds. The van der Waals surface area contributed by atoms with E-state index in [2.05, 4.69) is 29.4 Å². The molecule has 2 heteroatoms. The van der Waals surface area contributed by atoms with Crippen LogP contribution in [0.15, 0.2) is 12.2 Å². The van der Waals surface area contributed by atoms with E-state index >= 15 is 0 Å². The summed E-state index contributed by atoms with van der Waals surface area (Å²) in [5, 5.41) is 3.10. The molecule has 1 aliphatic rings. The van der Waals surface area contributed by atoms with Gasteiger partial charge in [-0.1, -0.05) is 12.2 Å². The minimum atomic E-state index is 0.804. The van der Waals surface area contributed by atoms with E-state index in [4.69, 9.17) is 0 Å². The van der Waals surface area contributed by atoms with E-state index in [-0.39, 0.29) is 0 Å². The van der Waals surface area contributed by atoms with Crippen LogP contribution in [0.1, 0.15) is 19.3 Å². The Morgan fingerprint density at radius 3 is 2.92 bits per heavy atom. The minimum Gasteiger partial charge on any atom is -0.316 e. The highest BCUT2D eigenvalue weighted by molar-refractivity contribution is 4.89. The fourth-order valence-corrected chi connectivity index (χ4v) is 1.73.